The SMILES string of the molecule is CC(=O)Nc1ccc(-c2cc3onc(C(O)Nc4ccc(C#N)cc4C(O)O)c3cc2C(F)(F)F)c(C)c1. The van der Waals surface area contributed by atoms with Crippen molar-refractivity contribution in [1.82, 2.24) is 5.16 Å². The predicted molar refractivity (Wildman–Crippen MR) is 130 cm³/mol. The van der Waals surface area contributed by atoms with E-state index < -0.39 is 24.3 Å². The minimum Gasteiger partial charge on any atom is -0.368 e. The van der Waals surface area contributed by atoms with Crippen molar-refractivity contribution in [2.75, 3.05) is 10.6 Å². The van der Waals surface area contributed by atoms with Gasteiger partial charge in [-0.15, -0.1) is 0 Å². The van der Waals surface area contributed by atoms with Crippen LogP contribution in [0.5, 0.6) is 0 Å². The molecule has 0 aliphatic carbocycles. The summed E-state index contributed by atoms with van der Waals surface area (Å²) in [5, 5.41) is 47.8. The molecule has 0 bridgehead atoms. The summed E-state index contributed by atoms with van der Waals surface area (Å²) >= 11 is 0. The van der Waals surface area contributed by atoms with Gasteiger partial charge in [0, 0.05) is 23.9 Å². The molecular weight excluding hydrogens is 505 g/mol. The van der Waals surface area contributed by atoms with Crippen LogP contribution in [-0.4, -0.2) is 26.4 Å². The first-order chi connectivity index (χ1) is 17.9. The Morgan fingerprint density at radius 1 is 1.08 bits per heavy atom. The minimum atomic E-state index is -4.78. The first kappa shape index (κ1) is 26.6. The monoisotopic (exact) mass is 526 g/mol. The van der Waals surface area contributed by atoms with Gasteiger partial charge >= 0.3 is 6.18 Å². The van der Waals surface area contributed by atoms with E-state index in [1.54, 1.807) is 13.0 Å². The third-order valence-electron chi connectivity index (χ3n) is 5.79. The van der Waals surface area contributed by atoms with Crippen LogP contribution in [0, 0.1) is 18.3 Å². The lowest BCUT2D eigenvalue weighted by Crippen LogP contribution is -2.14. The molecule has 9 nitrogen and oxygen atoms in total. The molecule has 0 saturated heterocycles. The first-order valence-corrected chi connectivity index (χ1v) is 11.1. The molecule has 0 saturated carbocycles. The number of halogens is 3. The maximum absolute atomic E-state index is 14.2. The molecule has 1 unspecified atom stereocenters. The second-order valence-corrected chi connectivity index (χ2v) is 8.50. The summed E-state index contributed by atoms with van der Waals surface area (Å²) in [6.45, 7) is 2.92. The number of benzene rings is 3. The minimum absolute atomic E-state index is 0.0187. The fourth-order valence-electron chi connectivity index (χ4n) is 4.10. The summed E-state index contributed by atoms with van der Waals surface area (Å²) in [5.41, 5.74) is -0.307. The fourth-order valence-corrected chi connectivity index (χ4v) is 4.10. The zero-order chi connectivity index (χ0) is 27.8. The topological polar surface area (TPSA) is 152 Å². The van der Waals surface area contributed by atoms with Crippen molar-refractivity contribution >= 4 is 28.3 Å². The van der Waals surface area contributed by atoms with Crippen LogP contribution in [-0.2, 0) is 11.0 Å². The Morgan fingerprint density at radius 2 is 1.82 bits per heavy atom. The Morgan fingerprint density at radius 3 is 2.42 bits per heavy atom. The first-order valence-electron chi connectivity index (χ1n) is 11.1. The summed E-state index contributed by atoms with van der Waals surface area (Å²) in [6.07, 6.45) is -8.47. The largest absolute Gasteiger partial charge is 0.417 e. The standard InChI is InChI=1S/C26H21F3N4O5/c1-12-7-15(31-13(2)34)4-5-16(12)17-10-22-19(9-20(17)26(27,28)29)23(33-38-22)24(35)32-21-6-3-14(11-30)8-18(21)25(36)37/h3-10,24-25,32,35-37H,1-2H3,(H,31,34). The van der Waals surface area contributed by atoms with Crippen LogP contribution in [0.4, 0.5) is 24.5 Å². The van der Waals surface area contributed by atoms with E-state index in [2.05, 4.69) is 15.8 Å². The Bertz CT molecular complexity index is 1570. The van der Waals surface area contributed by atoms with Gasteiger partial charge in [0.25, 0.3) is 0 Å². The third-order valence-corrected chi connectivity index (χ3v) is 5.79. The van der Waals surface area contributed by atoms with E-state index in [4.69, 9.17) is 9.78 Å². The highest BCUT2D eigenvalue weighted by Gasteiger charge is 2.36. The van der Waals surface area contributed by atoms with E-state index in [9.17, 15) is 33.3 Å². The molecule has 0 radical (unpaired) electrons. The molecule has 1 aromatic heterocycles. The van der Waals surface area contributed by atoms with Crippen LogP contribution in [0.1, 0.15) is 47.4 Å². The Labute approximate surface area is 213 Å². The van der Waals surface area contributed by atoms with Crippen molar-refractivity contribution in [3.8, 4) is 17.2 Å². The third kappa shape index (κ3) is 5.30. The molecule has 4 aromatic rings. The number of nitrogens with one attached hydrogen (secondary N) is 2. The van der Waals surface area contributed by atoms with Gasteiger partial charge in [-0.05, 0) is 66.1 Å². The van der Waals surface area contributed by atoms with Crippen LogP contribution < -0.4 is 10.6 Å². The summed E-state index contributed by atoms with van der Waals surface area (Å²) in [6, 6.07) is 12.2. The predicted octanol–water partition coefficient (Wildman–Crippen LogP) is 4.74. The molecule has 4 rings (SSSR count). The van der Waals surface area contributed by atoms with E-state index in [0.29, 0.717) is 11.3 Å². The maximum atomic E-state index is 14.2. The normalized spacial score (nSPS) is 12.4. The fraction of sp³-hybridized carbons (Fsp3) is 0.192. The van der Waals surface area contributed by atoms with E-state index in [0.717, 1.165) is 6.07 Å². The number of fused-ring (bicyclic) bond motifs is 1. The Kier molecular flexibility index (Phi) is 7.10. The molecule has 196 valence electrons. The number of anilines is 2. The van der Waals surface area contributed by atoms with Gasteiger partial charge < -0.3 is 30.5 Å². The molecule has 12 heteroatoms. The molecule has 38 heavy (non-hydrogen) atoms. The van der Waals surface area contributed by atoms with Gasteiger partial charge in [0.2, 0.25) is 5.91 Å². The molecule has 0 spiro atoms. The van der Waals surface area contributed by atoms with Gasteiger partial charge in [0.05, 0.1) is 22.6 Å². The number of carbonyl (C=O) groups excluding carboxylic acids is 1. The van der Waals surface area contributed by atoms with E-state index in [1.807, 2.05) is 6.07 Å². The average molecular weight is 526 g/mol. The smallest absolute Gasteiger partial charge is 0.368 e. The van der Waals surface area contributed by atoms with E-state index in [1.165, 1.54) is 43.3 Å². The van der Waals surface area contributed by atoms with Crippen LogP contribution in [0.2, 0.25) is 0 Å². The molecule has 3 aromatic carbocycles. The van der Waals surface area contributed by atoms with Crippen LogP contribution in [0.25, 0.3) is 22.1 Å². The zero-order valence-electron chi connectivity index (χ0n) is 20.0. The number of hydrogen-bond acceptors (Lipinski definition) is 8. The molecule has 0 fully saturated rings. The molecule has 0 aliphatic heterocycles. The second kappa shape index (κ2) is 10.1. The molecule has 5 N–H and O–H groups in total. The van der Waals surface area contributed by atoms with Crippen LogP contribution in [0.15, 0.2) is 53.1 Å². The van der Waals surface area contributed by atoms with Gasteiger partial charge in [-0.3, -0.25) is 4.79 Å². The number of aliphatic hydroxyl groups is 3. The molecule has 1 atom stereocenters. The van der Waals surface area contributed by atoms with E-state index in [-0.39, 0.29) is 50.5 Å². The number of alkyl halides is 3. The summed E-state index contributed by atoms with van der Waals surface area (Å²) < 4.78 is 47.8. The van der Waals surface area contributed by atoms with Crippen LogP contribution in [0.3, 0.4) is 0 Å². The number of aryl methyl sites for hydroxylation is 1. The quantitative estimate of drug-likeness (QED) is 0.226. The molecule has 1 amide bonds. The number of nitriles is 1. The second-order valence-electron chi connectivity index (χ2n) is 8.50. The summed E-state index contributed by atoms with van der Waals surface area (Å²) in [7, 11) is 0. The van der Waals surface area contributed by atoms with Crippen molar-refractivity contribution in [2.24, 2.45) is 0 Å². The average Bonchev–Trinajstić information content (AvgIpc) is 3.26. The lowest BCUT2D eigenvalue weighted by atomic mass is 9.93. The van der Waals surface area contributed by atoms with Crippen molar-refractivity contribution in [3.63, 3.8) is 0 Å². The van der Waals surface area contributed by atoms with Crippen LogP contribution >= 0.6 is 0 Å². The Balaban J connectivity index is 1.78. The number of aromatic nitrogens is 1. The van der Waals surface area contributed by atoms with Gasteiger partial charge in [0.1, 0.15) is 5.69 Å². The number of rotatable bonds is 6. The lowest BCUT2D eigenvalue weighted by Gasteiger charge is -2.18. The van der Waals surface area contributed by atoms with Gasteiger partial charge in [0.15, 0.2) is 18.1 Å². The van der Waals surface area contributed by atoms with Gasteiger partial charge in [-0.2, -0.15) is 18.4 Å². The van der Waals surface area contributed by atoms with Crippen molar-refractivity contribution < 1.29 is 37.8 Å². The van der Waals surface area contributed by atoms with Crippen molar-refractivity contribution in [1.29, 1.82) is 5.26 Å². The number of aliphatic hydroxyl groups excluding tert-OH is 2. The number of carbonyl (C=O) groups is 1. The molecule has 0 aliphatic rings. The highest BCUT2D eigenvalue weighted by atomic mass is 19.4. The number of nitrogens with zero attached hydrogens (tertiary/aromatic N) is 2. The molecule has 1 heterocycles. The maximum Gasteiger partial charge on any atom is 0.417 e. The van der Waals surface area contributed by atoms with Crippen molar-refractivity contribution in [2.45, 2.75) is 32.5 Å². The van der Waals surface area contributed by atoms with Crippen molar-refractivity contribution in [3.05, 3.63) is 76.5 Å². The van der Waals surface area contributed by atoms with Gasteiger partial charge in [-0.1, -0.05) is 11.2 Å². The highest BCUT2D eigenvalue weighted by Crippen LogP contribution is 2.42. The molecular formula is C26H21F3N4O5. The van der Waals surface area contributed by atoms with Gasteiger partial charge in [-0.25, -0.2) is 0 Å². The lowest BCUT2D eigenvalue weighted by molar-refractivity contribution is -0.137. The highest BCUT2D eigenvalue weighted by molar-refractivity contribution is 5.91. The summed E-state index contributed by atoms with van der Waals surface area (Å²) in [4.78, 5) is 11.3. The Hall–Kier alpha value is -4.44. The van der Waals surface area contributed by atoms with E-state index >= 15 is 0 Å². The number of hydrogen-bond donors (Lipinski definition) is 5. The summed E-state index contributed by atoms with van der Waals surface area (Å²) in [5.74, 6) is -0.322. The zero-order valence-corrected chi connectivity index (χ0v) is 20.0. The number of amides is 1.